The van der Waals surface area contributed by atoms with Gasteiger partial charge in [0.25, 0.3) is 0 Å². The second kappa shape index (κ2) is 5.23. The number of hydrogen-bond acceptors (Lipinski definition) is 3. The molecule has 0 saturated heterocycles. The molecule has 16 heavy (non-hydrogen) atoms. The van der Waals surface area contributed by atoms with Crippen molar-refractivity contribution in [3.63, 3.8) is 0 Å². The Morgan fingerprint density at radius 3 is 2.56 bits per heavy atom. The van der Waals surface area contributed by atoms with Crippen molar-refractivity contribution in [2.24, 2.45) is 0 Å². The third kappa shape index (κ3) is 2.90. The molecule has 3 nitrogen and oxygen atoms in total. The number of alkyl halides is 1. The van der Waals surface area contributed by atoms with Gasteiger partial charge in [0.05, 0.1) is 0 Å². The molecule has 2 N–H and O–H groups in total. The highest BCUT2D eigenvalue weighted by molar-refractivity contribution is 14.1. The van der Waals surface area contributed by atoms with Crippen molar-refractivity contribution in [3.8, 4) is 0 Å². The van der Waals surface area contributed by atoms with Crippen molar-refractivity contribution in [3.05, 3.63) is 11.3 Å². The van der Waals surface area contributed by atoms with Gasteiger partial charge in [-0.25, -0.2) is 0 Å². The lowest BCUT2D eigenvalue weighted by molar-refractivity contribution is 0.118. The van der Waals surface area contributed by atoms with Crippen LogP contribution < -0.4 is 5.32 Å². The number of likely N-dealkylation sites (N-methyl/N-ethyl adjacent to an activating group) is 2. The number of nitrogens with zero attached hydrogens (tertiary/aromatic N) is 1. The van der Waals surface area contributed by atoms with E-state index in [-0.39, 0.29) is 15.6 Å². The van der Waals surface area contributed by atoms with Crippen LogP contribution in [0.4, 0.5) is 0 Å². The fourth-order valence-corrected chi connectivity index (χ4v) is 3.63. The van der Waals surface area contributed by atoms with E-state index in [1.165, 1.54) is 5.57 Å². The lowest BCUT2D eigenvalue weighted by Crippen LogP contribution is -2.48. The minimum Gasteiger partial charge on any atom is -0.389 e. The van der Waals surface area contributed by atoms with Crippen LogP contribution in [-0.4, -0.2) is 46.2 Å². The van der Waals surface area contributed by atoms with Gasteiger partial charge in [0.2, 0.25) is 0 Å². The van der Waals surface area contributed by atoms with E-state index in [0.29, 0.717) is 0 Å². The summed E-state index contributed by atoms with van der Waals surface area (Å²) < 4.78 is 0.243. The van der Waals surface area contributed by atoms with Crippen LogP contribution in [0.5, 0.6) is 0 Å². The van der Waals surface area contributed by atoms with Crippen molar-refractivity contribution in [2.75, 3.05) is 20.6 Å². The highest BCUT2D eigenvalue weighted by Crippen LogP contribution is 2.30. The van der Waals surface area contributed by atoms with Crippen molar-refractivity contribution in [2.45, 2.75) is 42.8 Å². The van der Waals surface area contributed by atoms with Gasteiger partial charge in [0.15, 0.2) is 0 Å². The largest absolute Gasteiger partial charge is 0.389 e. The molecule has 0 radical (unpaired) electrons. The molecular weight excluding hydrogens is 315 g/mol. The number of nitrogens with one attached hydrogen (secondary N) is 1. The Labute approximate surface area is 112 Å². The van der Waals surface area contributed by atoms with E-state index in [0.717, 1.165) is 18.7 Å². The molecule has 0 aromatic rings. The minimum absolute atomic E-state index is 0.132. The molecule has 0 saturated carbocycles. The quantitative estimate of drug-likeness (QED) is 0.565. The summed E-state index contributed by atoms with van der Waals surface area (Å²) in [5, 5.41) is 13.4. The Bertz CT molecular complexity index is 289. The summed E-state index contributed by atoms with van der Waals surface area (Å²) in [6, 6.07) is 0. The maximum absolute atomic E-state index is 10.3. The average molecular weight is 338 g/mol. The number of halogens is 1. The monoisotopic (exact) mass is 338 g/mol. The van der Waals surface area contributed by atoms with Crippen LogP contribution in [0.25, 0.3) is 0 Å². The molecular formula is C12H23IN2O. The smallest absolute Gasteiger partial charge is 0.105 e. The lowest BCUT2D eigenvalue weighted by Gasteiger charge is -2.41. The fourth-order valence-electron chi connectivity index (χ4n) is 2.19. The molecule has 0 bridgehead atoms. The Balaban J connectivity index is 3.07. The van der Waals surface area contributed by atoms with E-state index in [1.807, 2.05) is 7.05 Å². The first-order chi connectivity index (χ1) is 7.29. The molecule has 1 aliphatic rings. The standard InChI is InChI=1S/C12H23IN2O/c1-8-7-15(5)12(2,3)6-9(13)11(16)10(8)14-4/h9,11,14,16H,6-7H2,1-5H3/b10-8-. The van der Waals surface area contributed by atoms with Crippen LogP contribution in [0.15, 0.2) is 11.3 Å². The van der Waals surface area contributed by atoms with E-state index in [2.05, 4.69) is 60.6 Å². The van der Waals surface area contributed by atoms with Crippen LogP contribution in [0.3, 0.4) is 0 Å². The van der Waals surface area contributed by atoms with E-state index < -0.39 is 0 Å². The molecule has 1 heterocycles. The maximum Gasteiger partial charge on any atom is 0.105 e. The van der Waals surface area contributed by atoms with Crippen molar-refractivity contribution < 1.29 is 5.11 Å². The van der Waals surface area contributed by atoms with Crippen LogP contribution in [0.2, 0.25) is 0 Å². The van der Waals surface area contributed by atoms with Gasteiger partial charge < -0.3 is 10.4 Å². The second-order valence-corrected chi connectivity index (χ2v) is 6.88. The van der Waals surface area contributed by atoms with Gasteiger partial charge in [-0.1, -0.05) is 22.6 Å². The maximum atomic E-state index is 10.3. The molecule has 94 valence electrons. The minimum atomic E-state index is -0.376. The Morgan fingerprint density at radius 2 is 2.06 bits per heavy atom. The van der Waals surface area contributed by atoms with Crippen LogP contribution in [-0.2, 0) is 0 Å². The molecule has 2 atom stereocenters. The van der Waals surface area contributed by atoms with Gasteiger partial charge in [-0.3, -0.25) is 4.90 Å². The van der Waals surface area contributed by atoms with Gasteiger partial charge >= 0.3 is 0 Å². The second-order valence-electron chi connectivity index (χ2n) is 5.28. The van der Waals surface area contributed by atoms with Gasteiger partial charge in [-0.2, -0.15) is 0 Å². The molecule has 0 spiro atoms. The number of hydrogen-bond donors (Lipinski definition) is 2. The average Bonchev–Trinajstić information content (AvgIpc) is 2.16. The van der Waals surface area contributed by atoms with Crippen LogP contribution in [0.1, 0.15) is 27.2 Å². The first kappa shape index (κ1) is 14.3. The highest BCUT2D eigenvalue weighted by atomic mass is 127. The molecule has 0 aliphatic carbocycles. The summed E-state index contributed by atoms with van der Waals surface area (Å²) in [7, 11) is 4.04. The first-order valence-corrected chi connectivity index (χ1v) is 6.95. The topological polar surface area (TPSA) is 35.5 Å². The predicted molar refractivity (Wildman–Crippen MR) is 76.9 cm³/mol. The molecule has 2 unspecified atom stereocenters. The summed E-state index contributed by atoms with van der Waals surface area (Å²) in [6.45, 7) is 7.48. The fraction of sp³-hybridized carbons (Fsp3) is 0.833. The summed E-state index contributed by atoms with van der Waals surface area (Å²) >= 11 is 2.36. The molecule has 0 fully saturated rings. The zero-order valence-electron chi connectivity index (χ0n) is 10.8. The normalized spacial score (nSPS) is 36.7. The molecule has 0 aromatic carbocycles. The van der Waals surface area contributed by atoms with Gasteiger partial charge in [0, 0.05) is 28.8 Å². The van der Waals surface area contributed by atoms with Gasteiger partial charge in [-0.05, 0) is 39.8 Å². The molecule has 4 heteroatoms. The third-order valence-corrected chi connectivity index (χ3v) is 4.69. The molecule has 0 amide bonds. The van der Waals surface area contributed by atoms with Gasteiger partial charge in [0.1, 0.15) is 6.10 Å². The predicted octanol–water partition coefficient (Wildman–Crippen LogP) is 1.76. The molecule has 1 rings (SSSR count). The summed E-state index contributed by atoms with van der Waals surface area (Å²) in [5.74, 6) is 0. The highest BCUT2D eigenvalue weighted by Gasteiger charge is 2.34. The molecule has 0 aromatic heterocycles. The van der Waals surface area contributed by atoms with Crippen molar-refractivity contribution in [1.82, 2.24) is 10.2 Å². The zero-order valence-corrected chi connectivity index (χ0v) is 13.0. The van der Waals surface area contributed by atoms with Gasteiger partial charge in [-0.15, -0.1) is 0 Å². The number of rotatable bonds is 1. The number of aliphatic hydroxyl groups excluding tert-OH is 1. The Morgan fingerprint density at radius 1 is 1.50 bits per heavy atom. The van der Waals surface area contributed by atoms with Crippen LogP contribution in [0, 0.1) is 0 Å². The molecule has 1 aliphatic heterocycles. The Kier molecular flexibility index (Phi) is 4.66. The third-order valence-electron chi connectivity index (χ3n) is 3.57. The van der Waals surface area contributed by atoms with E-state index in [4.69, 9.17) is 0 Å². The van der Waals surface area contributed by atoms with E-state index in [9.17, 15) is 5.11 Å². The zero-order chi connectivity index (χ0) is 12.5. The summed E-state index contributed by atoms with van der Waals surface area (Å²) in [6.07, 6.45) is 0.613. The van der Waals surface area contributed by atoms with Crippen molar-refractivity contribution >= 4 is 22.6 Å². The van der Waals surface area contributed by atoms with E-state index in [1.54, 1.807) is 0 Å². The van der Waals surface area contributed by atoms with Crippen molar-refractivity contribution in [1.29, 1.82) is 0 Å². The SMILES string of the molecule is CN/C1=C(/C)CN(C)C(C)(C)CC(I)C1O. The lowest BCUT2D eigenvalue weighted by atomic mass is 9.90. The number of aliphatic hydroxyl groups is 1. The summed E-state index contributed by atoms with van der Waals surface area (Å²) in [5.41, 5.74) is 2.35. The Hall–Kier alpha value is 0.190. The van der Waals surface area contributed by atoms with Crippen LogP contribution >= 0.6 is 22.6 Å². The first-order valence-electron chi connectivity index (χ1n) is 5.70. The van der Waals surface area contributed by atoms with E-state index >= 15 is 0 Å². The summed E-state index contributed by atoms with van der Waals surface area (Å²) in [4.78, 5) is 2.36.